The second-order valence-electron chi connectivity index (χ2n) is 10.3. The van der Waals surface area contributed by atoms with Crippen LogP contribution in [0, 0.1) is 11.3 Å². The van der Waals surface area contributed by atoms with Crippen LogP contribution < -0.4 is 15.2 Å². The van der Waals surface area contributed by atoms with Crippen molar-refractivity contribution in [2.75, 3.05) is 18.9 Å². The second-order valence-corrected chi connectivity index (χ2v) is 10.3. The molecule has 0 radical (unpaired) electrons. The number of benzene rings is 4. The number of nitrogens with one attached hydrogen (secondary N) is 2. The SMILES string of the molecule is CCCOc1ccc(C(C#N)Cc2ccc3n[14cH][nH]c3c2)cc1.CCCOc1ccc(C=O)cc1.Nc1ccc2n[14cH][nH]c2c1. The summed E-state index contributed by atoms with van der Waals surface area (Å²) in [5, 5.41) is 9.52. The van der Waals surface area contributed by atoms with E-state index in [2.05, 4.69) is 45.9 Å². The summed E-state index contributed by atoms with van der Waals surface area (Å²) in [5.41, 5.74) is 13.0. The van der Waals surface area contributed by atoms with Crippen molar-refractivity contribution in [1.29, 1.82) is 5.26 Å². The maximum absolute atomic E-state index is 10.3. The molecule has 0 aliphatic carbocycles. The van der Waals surface area contributed by atoms with Crippen LogP contribution in [0.2, 0.25) is 0 Å². The van der Waals surface area contributed by atoms with Crippen molar-refractivity contribution in [3.05, 3.63) is 114 Å². The molecule has 230 valence electrons. The highest BCUT2D eigenvalue weighted by Gasteiger charge is 2.12. The highest BCUT2D eigenvalue weighted by Crippen LogP contribution is 2.24. The number of aldehydes is 1. The standard InChI is InChI=1S/C19H19N3O.C10H12O2.C7H7N3/c1-2-9-23-17-6-4-15(5-7-17)16(12-20)10-14-3-8-18-19(11-14)22-13-21-18;1-2-7-12-10-5-3-9(8-11)4-6-10;8-5-1-2-6-7(3-5)10-4-9-6/h3-8,11,13,16H,2,9-10H2,1H3,(H,21,22);3-6,8H,2,7H2,1H3;1-4H,8H2,(H,9,10)/i13+2;;4+2. The van der Waals surface area contributed by atoms with Gasteiger partial charge in [-0.05, 0) is 97.1 Å². The molecule has 2 heterocycles. The highest BCUT2D eigenvalue weighted by molar-refractivity contribution is 5.78. The van der Waals surface area contributed by atoms with Gasteiger partial charge in [-0.3, -0.25) is 4.79 Å². The number of nitriles is 1. The van der Waals surface area contributed by atoms with Crippen LogP contribution in [0.25, 0.3) is 22.1 Å². The van der Waals surface area contributed by atoms with Crippen molar-refractivity contribution < 1.29 is 14.3 Å². The quantitative estimate of drug-likeness (QED) is 0.107. The predicted molar refractivity (Wildman–Crippen MR) is 179 cm³/mol. The topological polar surface area (TPSA) is 143 Å². The second kappa shape index (κ2) is 16.9. The summed E-state index contributed by atoms with van der Waals surface area (Å²) in [4.78, 5) is 24.6. The van der Waals surface area contributed by atoms with Crippen LogP contribution in [0.3, 0.4) is 0 Å². The minimum Gasteiger partial charge on any atom is -0.494 e. The monoisotopic (exact) mass is 606 g/mol. The van der Waals surface area contributed by atoms with E-state index in [0.717, 1.165) is 76.1 Å². The Labute approximate surface area is 263 Å². The van der Waals surface area contributed by atoms with Gasteiger partial charge in [0.2, 0.25) is 0 Å². The number of rotatable bonds is 10. The van der Waals surface area contributed by atoms with Crippen molar-refractivity contribution in [3.8, 4) is 17.6 Å². The number of nitrogens with two attached hydrogens (primary N) is 1. The predicted octanol–water partition coefficient (Wildman–Crippen LogP) is 7.63. The third-order valence-electron chi connectivity index (χ3n) is 6.77. The summed E-state index contributed by atoms with van der Waals surface area (Å²) < 4.78 is 10.9. The normalized spacial score (nSPS) is 11.0. The highest BCUT2D eigenvalue weighted by atomic mass is 16.5. The van der Waals surface area contributed by atoms with Crippen LogP contribution in [0.4, 0.5) is 5.69 Å². The first-order chi connectivity index (χ1) is 22.0. The molecule has 4 N–H and O–H groups in total. The fraction of sp³-hybridized carbons (Fsp3) is 0.222. The molecule has 0 fully saturated rings. The maximum atomic E-state index is 10.3. The molecule has 6 aromatic rings. The van der Waals surface area contributed by atoms with Gasteiger partial charge < -0.3 is 25.2 Å². The molecular weight excluding hydrogens is 568 g/mol. The summed E-state index contributed by atoms with van der Waals surface area (Å²) in [6.07, 6.45) is 6.83. The van der Waals surface area contributed by atoms with Crippen LogP contribution in [0.1, 0.15) is 54.1 Å². The molecule has 0 aliphatic rings. The minimum absolute atomic E-state index is 0.171. The molecule has 1 unspecified atom stereocenters. The molecule has 0 spiro atoms. The lowest BCUT2D eigenvalue weighted by Crippen LogP contribution is -2.01. The van der Waals surface area contributed by atoms with E-state index in [1.807, 2.05) is 54.6 Å². The zero-order chi connectivity index (χ0) is 31.9. The number of aromatic amines is 2. The Bertz CT molecular complexity index is 1800. The van der Waals surface area contributed by atoms with E-state index < -0.39 is 0 Å². The van der Waals surface area contributed by atoms with E-state index in [1.54, 1.807) is 36.9 Å². The van der Waals surface area contributed by atoms with Crippen LogP contribution in [-0.2, 0) is 6.42 Å². The molecule has 0 saturated carbocycles. The smallest absolute Gasteiger partial charge is 0.150 e. The Hall–Kier alpha value is -5.62. The number of hydrogen-bond acceptors (Lipinski definition) is 7. The Morgan fingerprint density at radius 3 is 1.93 bits per heavy atom. The largest absolute Gasteiger partial charge is 0.494 e. The zero-order valence-corrected chi connectivity index (χ0v) is 25.6. The molecule has 0 bridgehead atoms. The Morgan fingerprint density at radius 2 is 1.38 bits per heavy atom. The van der Waals surface area contributed by atoms with E-state index in [9.17, 15) is 10.1 Å². The lowest BCUT2D eigenvalue weighted by Gasteiger charge is -2.11. The molecule has 2 aromatic heterocycles. The van der Waals surface area contributed by atoms with Crippen molar-refractivity contribution in [2.45, 2.75) is 39.0 Å². The molecule has 9 heteroatoms. The fourth-order valence-electron chi connectivity index (χ4n) is 4.42. The number of ether oxygens (including phenoxy) is 2. The molecule has 0 aliphatic heterocycles. The average Bonchev–Trinajstić information content (AvgIpc) is 3.75. The summed E-state index contributed by atoms with van der Waals surface area (Å²) in [6.45, 7) is 5.57. The van der Waals surface area contributed by atoms with Crippen molar-refractivity contribution in [3.63, 3.8) is 0 Å². The summed E-state index contributed by atoms with van der Waals surface area (Å²) in [6, 6.07) is 29.0. The van der Waals surface area contributed by atoms with Gasteiger partial charge in [-0.2, -0.15) is 5.26 Å². The van der Waals surface area contributed by atoms with Gasteiger partial charge in [0.25, 0.3) is 0 Å². The fourth-order valence-corrected chi connectivity index (χ4v) is 4.42. The molecule has 45 heavy (non-hydrogen) atoms. The first-order valence-corrected chi connectivity index (χ1v) is 14.9. The van der Waals surface area contributed by atoms with E-state index in [4.69, 9.17) is 15.2 Å². The summed E-state index contributed by atoms with van der Waals surface area (Å²) in [5.74, 6) is 1.50. The van der Waals surface area contributed by atoms with Crippen LogP contribution in [-0.4, -0.2) is 39.4 Å². The van der Waals surface area contributed by atoms with Crippen LogP contribution in [0.5, 0.6) is 11.5 Å². The molecule has 4 aromatic carbocycles. The van der Waals surface area contributed by atoms with Gasteiger partial charge in [0.05, 0.1) is 59.9 Å². The number of fused-ring (bicyclic) bond motifs is 2. The lowest BCUT2D eigenvalue weighted by molar-refractivity contribution is 0.112. The number of nitrogens with zero attached hydrogens (tertiary/aromatic N) is 3. The number of carbonyl (C=O) groups excluding carboxylic acids is 1. The van der Waals surface area contributed by atoms with Crippen LogP contribution in [0.15, 0.2) is 97.6 Å². The molecule has 0 saturated heterocycles. The van der Waals surface area contributed by atoms with E-state index in [-0.39, 0.29) is 5.92 Å². The Kier molecular flexibility index (Phi) is 12.1. The molecule has 0 amide bonds. The Morgan fingerprint density at radius 1 is 0.822 bits per heavy atom. The number of nitrogen functional groups attached to an aromatic ring is 1. The molecular formula is C36H38N6O3. The number of carbonyl (C=O) groups is 1. The molecule has 6 rings (SSSR count). The minimum atomic E-state index is -0.171. The number of anilines is 1. The molecule has 1 atom stereocenters. The van der Waals surface area contributed by atoms with Gasteiger partial charge in [-0.25, -0.2) is 9.97 Å². The number of H-pyrrole nitrogens is 2. The van der Waals surface area contributed by atoms with Gasteiger partial charge in [0.1, 0.15) is 17.8 Å². The number of aromatic nitrogens is 4. The third kappa shape index (κ3) is 9.70. The van der Waals surface area contributed by atoms with Gasteiger partial charge in [0, 0.05) is 11.3 Å². The lowest BCUT2D eigenvalue weighted by atomic mass is 9.93. The van der Waals surface area contributed by atoms with Crippen molar-refractivity contribution >= 4 is 34.0 Å². The van der Waals surface area contributed by atoms with Gasteiger partial charge in [0.15, 0.2) is 0 Å². The maximum Gasteiger partial charge on any atom is 0.150 e. The van der Waals surface area contributed by atoms with E-state index in [1.165, 1.54) is 0 Å². The summed E-state index contributed by atoms with van der Waals surface area (Å²) in [7, 11) is 0. The van der Waals surface area contributed by atoms with Gasteiger partial charge in [-0.15, -0.1) is 0 Å². The average molecular weight is 607 g/mol. The zero-order valence-electron chi connectivity index (χ0n) is 25.6. The first kappa shape index (κ1) is 32.3. The third-order valence-corrected chi connectivity index (χ3v) is 6.77. The van der Waals surface area contributed by atoms with Crippen LogP contribution >= 0.6 is 0 Å². The van der Waals surface area contributed by atoms with E-state index in [0.29, 0.717) is 18.6 Å². The van der Waals surface area contributed by atoms with Gasteiger partial charge >= 0.3 is 0 Å². The summed E-state index contributed by atoms with van der Waals surface area (Å²) >= 11 is 0. The molecule has 9 nitrogen and oxygen atoms in total. The van der Waals surface area contributed by atoms with E-state index >= 15 is 0 Å². The van der Waals surface area contributed by atoms with Crippen molar-refractivity contribution in [1.82, 2.24) is 19.9 Å². The Balaban J connectivity index is 0.000000174. The van der Waals surface area contributed by atoms with Gasteiger partial charge in [-0.1, -0.05) is 32.0 Å². The van der Waals surface area contributed by atoms with Crippen molar-refractivity contribution in [2.24, 2.45) is 0 Å². The first-order valence-electron chi connectivity index (χ1n) is 14.9. The number of hydrogen-bond donors (Lipinski definition) is 3. The number of imidazole rings is 2.